The molecule has 1 heterocycles. The van der Waals surface area contributed by atoms with Crippen molar-refractivity contribution in [3.05, 3.63) is 72.1 Å². The van der Waals surface area contributed by atoms with Crippen molar-refractivity contribution in [2.75, 3.05) is 44.9 Å². The number of anilines is 2. The highest BCUT2D eigenvalue weighted by molar-refractivity contribution is 7.80. The normalized spacial score (nSPS) is 10.6. The maximum atomic E-state index is 14.7. The van der Waals surface area contributed by atoms with Gasteiger partial charge in [0.1, 0.15) is 18.0 Å². The van der Waals surface area contributed by atoms with Crippen LogP contribution in [0.25, 0.3) is 0 Å². The van der Waals surface area contributed by atoms with Crippen LogP contribution in [-0.4, -0.2) is 71.1 Å². The van der Waals surface area contributed by atoms with Gasteiger partial charge in [-0.25, -0.2) is 23.5 Å². The van der Waals surface area contributed by atoms with Crippen LogP contribution in [-0.2, 0) is 11.2 Å². The van der Waals surface area contributed by atoms with E-state index < -0.39 is 17.5 Å². The van der Waals surface area contributed by atoms with Crippen molar-refractivity contribution in [2.45, 2.75) is 6.42 Å². The second kappa shape index (κ2) is 13.4. The molecule has 0 bridgehead atoms. The number of thiocarbonyl (C=S) groups is 1. The first-order valence-electron chi connectivity index (χ1n) is 11.4. The molecule has 0 fully saturated rings. The van der Waals surface area contributed by atoms with Gasteiger partial charge in [0.2, 0.25) is 11.8 Å². The number of hydrogen-bond acceptors (Lipinski definition) is 7. The molecule has 2 aromatic carbocycles. The van der Waals surface area contributed by atoms with Crippen LogP contribution < -0.4 is 20.7 Å². The number of aromatic nitrogens is 2. The average Bonchev–Trinajstić information content (AvgIpc) is 2.85. The fraction of sp³-hybridized carbons (Fsp3) is 0.240. The lowest BCUT2D eigenvalue weighted by Crippen LogP contribution is -2.36. The molecular formula is C25H27F2N7O3S. The van der Waals surface area contributed by atoms with Gasteiger partial charge in [0.15, 0.2) is 16.7 Å². The van der Waals surface area contributed by atoms with Crippen molar-refractivity contribution in [1.29, 1.82) is 0 Å². The Balaban J connectivity index is 1.54. The molecule has 0 radical (unpaired) electrons. The lowest BCUT2D eigenvalue weighted by molar-refractivity contribution is -0.119. The molecule has 38 heavy (non-hydrogen) atoms. The fourth-order valence-electron chi connectivity index (χ4n) is 3.02. The summed E-state index contributed by atoms with van der Waals surface area (Å²) in [5, 5.41) is 7.81. The van der Waals surface area contributed by atoms with Gasteiger partial charge in [0.25, 0.3) is 0 Å². The number of nitrogens with zero attached hydrogens (tertiary/aromatic N) is 4. The van der Waals surface area contributed by atoms with Gasteiger partial charge in [-0.1, -0.05) is 12.1 Å². The Morgan fingerprint density at radius 3 is 2.39 bits per heavy atom. The van der Waals surface area contributed by atoms with Crippen molar-refractivity contribution in [1.82, 2.24) is 25.1 Å². The van der Waals surface area contributed by atoms with Gasteiger partial charge in [-0.15, -0.1) is 0 Å². The number of benzene rings is 2. The van der Waals surface area contributed by atoms with E-state index in [0.29, 0.717) is 18.7 Å². The maximum absolute atomic E-state index is 14.7. The largest absolute Gasteiger partial charge is 0.436 e. The summed E-state index contributed by atoms with van der Waals surface area (Å²) in [5.41, 5.74) is 0.890. The van der Waals surface area contributed by atoms with Gasteiger partial charge in [-0.05, 0) is 56.1 Å². The van der Waals surface area contributed by atoms with Crippen molar-refractivity contribution in [2.24, 2.45) is 0 Å². The predicted octanol–water partition coefficient (Wildman–Crippen LogP) is 3.63. The van der Waals surface area contributed by atoms with Gasteiger partial charge in [0, 0.05) is 38.0 Å². The molecule has 0 saturated carbocycles. The molecule has 0 aliphatic rings. The number of amides is 3. The molecule has 1 aromatic heterocycles. The van der Waals surface area contributed by atoms with Crippen molar-refractivity contribution < 1.29 is 23.1 Å². The molecular weight excluding hydrogens is 516 g/mol. The van der Waals surface area contributed by atoms with Gasteiger partial charge < -0.3 is 25.2 Å². The topological polar surface area (TPSA) is 112 Å². The number of nitrogens with one attached hydrogen (secondary N) is 3. The summed E-state index contributed by atoms with van der Waals surface area (Å²) < 4.78 is 33.2. The van der Waals surface area contributed by atoms with Crippen LogP contribution in [0.3, 0.4) is 0 Å². The monoisotopic (exact) mass is 543 g/mol. The van der Waals surface area contributed by atoms with E-state index in [1.54, 1.807) is 7.05 Å². The molecule has 0 aliphatic carbocycles. The lowest BCUT2D eigenvalue weighted by atomic mass is 10.1. The van der Waals surface area contributed by atoms with E-state index in [1.807, 2.05) is 19.0 Å². The van der Waals surface area contributed by atoms with E-state index >= 15 is 0 Å². The average molecular weight is 544 g/mol. The van der Waals surface area contributed by atoms with E-state index in [4.69, 9.17) is 17.0 Å². The first-order chi connectivity index (χ1) is 18.1. The Bertz CT molecular complexity index is 1290. The summed E-state index contributed by atoms with van der Waals surface area (Å²) in [4.78, 5) is 35.9. The highest BCUT2D eigenvalue weighted by Crippen LogP contribution is 2.26. The van der Waals surface area contributed by atoms with E-state index in [-0.39, 0.29) is 40.7 Å². The van der Waals surface area contributed by atoms with E-state index in [9.17, 15) is 18.4 Å². The highest BCUT2D eigenvalue weighted by Gasteiger charge is 2.13. The number of carbonyl (C=O) groups is 2. The number of likely N-dealkylation sites (N-methyl/N-ethyl adjacent to an activating group) is 2. The van der Waals surface area contributed by atoms with Crippen LogP contribution in [0.4, 0.5) is 25.1 Å². The zero-order chi connectivity index (χ0) is 27.7. The lowest BCUT2D eigenvalue weighted by Gasteiger charge is -2.19. The second-order valence-corrected chi connectivity index (χ2v) is 8.86. The standard InChI is InChI=1S/C25H27F2N7O3S/c1-33(2)10-11-34(3)25(36)31-21-14-23(29-15-28-21)37-20-9-8-18(13-19(20)27)30-24(38)32-22(35)12-16-4-6-17(26)7-5-16/h4-9,13-15H,10-12H2,1-3H3,(H,28,29,31,36)(H2,30,32,35,38). The molecule has 3 rings (SSSR count). The number of halogens is 2. The Hall–Kier alpha value is -4.23. The van der Waals surface area contributed by atoms with Gasteiger partial charge in [-0.3, -0.25) is 10.1 Å². The van der Waals surface area contributed by atoms with Crippen molar-refractivity contribution in [3.63, 3.8) is 0 Å². The Morgan fingerprint density at radius 2 is 1.71 bits per heavy atom. The minimum atomic E-state index is -0.719. The molecule has 3 N–H and O–H groups in total. The summed E-state index contributed by atoms with van der Waals surface area (Å²) in [6, 6.07) is 10.5. The smallest absolute Gasteiger partial charge is 0.322 e. The van der Waals surface area contributed by atoms with Crippen LogP contribution in [0.1, 0.15) is 5.56 Å². The molecule has 3 amide bonds. The molecule has 3 aromatic rings. The van der Waals surface area contributed by atoms with Crippen molar-refractivity contribution in [3.8, 4) is 11.6 Å². The number of urea groups is 1. The highest BCUT2D eigenvalue weighted by atomic mass is 32.1. The molecule has 0 spiro atoms. The van der Waals surface area contributed by atoms with Gasteiger partial charge in [-0.2, -0.15) is 0 Å². The third-order valence-electron chi connectivity index (χ3n) is 5.04. The molecule has 10 nitrogen and oxygen atoms in total. The van der Waals surface area contributed by atoms with Crippen LogP contribution in [0.5, 0.6) is 11.6 Å². The van der Waals surface area contributed by atoms with Gasteiger partial charge >= 0.3 is 6.03 Å². The summed E-state index contributed by atoms with van der Waals surface area (Å²) >= 11 is 5.11. The minimum Gasteiger partial charge on any atom is -0.436 e. The number of hydrogen-bond donors (Lipinski definition) is 3. The van der Waals surface area contributed by atoms with Crippen molar-refractivity contribution >= 4 is 40.8 Å². The van der Waals surface area contributed by atoms with E-state index in [0.717, 1.165) is 6.07 Å². The van der Waals surface area contributed by atoms with Crippen LogP contribution in [0.2, 0.25) is 0 Å². The third-order valence-corrected chi connectivity index (χ3v) is 5.25. The molecule has 0 saturated heterocycles. The minimum absolute atomic E-state index is 0.00299. The third kappa shape index (κ3) is 9.01. The van der Waals surface area contributed by atoms with Crippen LogP contribution in [0.15, 0.2) is 54.9 Å². The Labute approximate surface area is 224 Å². The predicted molar refractivity (Wildman–Crippen MR) is 143 cm³/mol. The van der Waals surface area contributed by atoms with E-state index in [2.05, 4.69) is 25.9 Å². The maximum Gasteiger partial charge on any atom is 0.322 e. The van der Waals surface area contributed by atoms with Crippen LogP contribution in [0, 0.1) is 11.6 Å². The molecule has 0 unspecified atom stereocenters. The fourth-order valence-corrected chi connectivity index (χ4v) is 3.25. The Kier molecular flexibility index (Phi) is 9.96. The number of rotatable bonds is 9. The van der Waals surface area contributed by atoms with E-state index in [1.165, 1.54) is 53.7 Å². The number of carbonyl (C=O) groups excluding carboxylic acids is 2. The SMILES string of the molecule is CN(C)CCN(C)C(=O)Nc1cc(Oc2ccc(NC(=S)NC(=O)Cc3ccc(F)cc3)cc2F)ncn1. The Morgan fingerprint density at radius 1 is 0.974 bits per heavy atom. The summed E-state index contributed by atoms with van der Waals surface area (Å²) in [7, 11) is 5.47. The van der Waals surface area contributed by atoms with Gasteiger partial charge in [0.05, 0.1) is 6.42 Å². The first kappa shape index (κ1) is 28.3. The summed E-state index contributed by atoms with van der Waals surface area (Å²) in [6.07, 6.45) is 1.18. The molecule has 13 heteroatoms. The second-order valence-electron chi connectivity index (χ2n) is 8.45. The molecule has 0 atom stereocenters. The first-order valence-corrected chi connectivity index (χ1v) is 11.8. The zero-order valence-corrected chi connectivity index (χ0v) is 21.8. The molecule has 0 aliphatic heterocycles. The quantitative estimate of drug-likeness (QED) is 0.351. The molecule has 200 valence electrons. The number of ether oxygens (including phenoxy) is 1. The zero-order valence-electron chi connectivity index (χ0n) is 21.0. The summed E-state index contributed by atoms with van der Waals surface area (Å²) in [5.74, 6) is -1.44. The summed E-state index contributed by atoms with van der Waals surface area (Å²) in [6.45, 7) is 1.21. The van der Waals surface area contributed by atoms with Crippen LogP contribution >= 0.6 is 12.2 Å².